The average Bonchev–Trinajstić information content (AvgIpc) is 2.53. The van der Waals surface area contributed by atoms with Crippen molar-refractivity contribution in [3.05, 3.63) is 36.0 Å². The third-order valence-corrected chi connectivity index (χ3v) is 3.59. The van der Waals surface area contributed by atoms with Crippen molar-refractivity contribution in [1.29, 1.82) is 0 Å². The lowest BCUT2D eigenvalue weighted by Gasteiger charge is -2.34. The van der Waals surface area contributed by atoms with Crippen molar-refractivity contribution in [2.24, 2.45) is 0 Å². The number of aliphatic hydroxyl groups excluding tert-OH is 2. The van der Waals surface area contributed by atoms with Crippen LogP contribution < -0.4 is 4.90 Å². The van der Waals surface area contributed by atoms with E-state index in [9.17, 15) is 10.2 Å². The summed E-state index contributed by atoms with van der Waals surface area (Å²) in [5.41, 5.74) is 2.58. The number of nitrogens with zero attached hydrogens (tertiary/aromatic N) is 2. The van der Waals surface area contributed by atoms with Gasteiger partial charge in [0.2, 0.25) is 0 Å². The van der Waals surface area contributed by atoms with Gasteiger partial charge in [0, 0.05) is 24.2 Å². The normalized spacial score (nSPS) is 19.5. The predicted octanol–water partition coefficient (Wildman–Crippen LogP) is 0.925. The molecule has 1 unspecified atom stereocenters. The Morgan fingerprint density at radius 1 is 1.30 bits per heavy atom. The average molecular weight is 274 g/mol. The van der Waals surface area contributed by atoms with E-state index in [1.165, 1.54) is 0 Å². The van der Waals surface area contributed by atoms with Crippen molar-refractivity contribution in [2.75, 3.05) is 31.2 Å². The minimum atomic E-state index is -0.159. The Bertz CT molecular complexity index is 603. The highest BCUT2D eigenvalue weighted by Gasteiger charge is 2.21. The number of hydrogen-bond donors (Lipinski definition) is 2. The Morgan fingerprint density at radius 3 is 2.95 bits per heavy atom. The van der Waals surface area contributed by atoms with Crippen molar-refractivity contribution in [2.45, 2.75) is 12.7 Å². The molecule has 106 valence electrons. The molecule has 1 aromatic carbocycles. The number of morpholine rings is 1. The maximum atomic E-state index is 9.37. The zero-order valence-corrected chi connectivity index (χ0v) is 11.2. The molecule has 5 nitrogen and oxygen atoms in total. The summed E-state index contributed by atoms with van der Waals surface area (Å²) >= 11 is 0. The summed E-state index contributed by atoms with van der Waals surface area (Å²) in [6.07, 6.45) is -0.159. The lowest BCUT2D eigenvalue weighted by Crippen LogP contribution is -2.44. The number of fused-ring (bicyclic) bond motifs is 1. The van der Waals surface area contributed by atoms with E-state index >= 15 is 0 Å². The Balaban J connectivity index is 2.04. The van der Waals surface area contributed by atoms with Gasteiger partial charge in [0.25, 0.3) is 0 Å². The summed E-state index contributed by atoms with van der Waals surface area (Å²) < 4.78 is 5.49. The van der Waals surface area contributed by atoms with Crippen LogP contribution in [0.3, 0.4) is 0 Å². The molecule has 1 aromatic heterocycles. The molecule has 0 bridgehead atoms. The molecule has 2 aromatic rings. The van der Waals surface area contributed by atoms with Crippen molar-refractivity contribution in [3.8, 4) is 0 Å². The minimum Gasteiger partial charge on any atom is -0.394 e. The second-order valence-corrected chi connectivity index (χ2v) is 4.93. The van der Waals surface area contributed by atoms with Crippen LogP contribution in [0.2, 0.25) is 0 Å². The molecule has 3 rings (SSSR count). The van der Waals surface area contributed by atoms with Crippen molar-refractivity contribution in [3.63, 3.8) is 0 Å². The van der Waals surface area contributed by atoms with Crippen LogP contribution in [0.15, 0.2) is 30.3 Å². The largest absolute Gasteiger partial charge is 0.394 e. The number of benzene rings is 1. The zero-order chi connectivity index (χ0) is 13.9. The Kier molecular flexibility index (Phi) is 3.82. The molecule has 1 atom stereocenters. The first-order valence-corrected chi connectivity index (χ1v) is 6.78. The number of para-hydroxylation sites is 1. The van der Waals surface area contributed by atoms with Gasteiger partial charge in [-0.15, -0.1) is 0 Å². The summed E-state index contributed by atoms with van der Waals surface area (Å²) in [7, 11) is 0. The summed E-state index contributed by atoms with van der Waals surface area (Å²) in [6.45, 7) is 1.96. The second-order valence-electron chi connectivity index (χ2n) is 4.93. The van der Waals surface area contributed by atoms with Crippen molar-refractivity contribution < 1.29 is 14.9 Å². The van der Waals surface area contributed by atoms with Gasteiger partial charge in [-0.2, -0.15) is 0 Å². The minimum absolute atomic E-state index is 0.0202. The van der Waals surface area contributed by atoms with Gasteiger partial charge in [-0.25, -0.2) is 0 Å². The van der Waals surface area contributed by atoms with E-state index < -0.39 is 0 Å². The molecule has 2 heterocycles. The molecule has 1 saturated heterocycles. The monoisotopic (exact) mass is 274 g/mol. The maximum Gasteiger partial charge on any atom is 0.0980 e. The molecule has 0 spiro atoms. The number of anilines is 1. The van der Waals surface area contributed by atoms with Crippen LogP contribution in [-0.4, -0.2) is 47.6 Å². The molecule has 0 aliphatic carbocycles. The highest BCUT2D eigenvalue weighted by Crippen LogP contribution is 2.28. The van der Waals surface area contributed by atoms with Crippen LogP contribution in [-0.2, 0) is 11.3 Å². The molecule has 0 amide bonds. The van der Waals surface area contributed by atoms with Crippen LogP contribution in [0.25, 0.3) is 10.9 Å². The second kappa shape index (κ2) is 5.75. The first-order chi connectivity index (χ1) is 9.81. The maximum absolute atomic E-state index is 9.37. The van der Waals surface area contributed by atoms with Gasteiger partial charge >= 0.3 is 0 Å². The summed E-state index contributed by atoms with van der Waals surface area (Å²) in [6, 6.07) is 9.82. The van der Waals surface area contributed by atoms with Gasteiger partial charge in [-0.3, -0.25) is 4.98 Å². The molecule has 1 aliphatic heterocycles. The number of ether oxygens (including phenoxy) is 1. The molecule has 0 saturated carbocycles. The molecular formula is C15H18N2O3. The highest BCUT2D eigenvalue weighted by molar-refractivity contribution is 5.92. The smallest absolute Gasteiger partial charge is 0.0980 e. The number of aromatic nitrogens is 1. The van der Waals surface area contributed by atoms with Crippen LogP contribution in [0.5, 0.6) is 0 Å². The SMILES string of the molecule is OCc1cc(N2CCOC(CO)C2)c2ccccc2n1. The lowest BCUT2D eigenvalue weighted by molar-refractivity contribution is 0.00363. The van der Waals surface area contributed by atoms with Gasteiger partial charge in [-0.1, -0.05) is 18.2 Å². The third kappa shape index (κ3) is 2.47. The number of pyridine rings is 1. The van der Waals surface area contributed by atoms with Crippen LogP contribution in [0.1, 0.15) is 5.69 Å². The number of rotatable bonds is 3. The van der Waals surface area contributed by atoms with E-state index in [4.69, 9.17) is 4.74 Å². The molecule has 0 radical (unpaired) electrons. The predicted molar refractivity (Wildman–Crippen MR) is 76.7 cm³/mol. The first kappa shape index (κ1) is 13.3. The van der Waals surface area contributed by atoms with E-state index in [2.05, 4.69) is 9.88 Å². The fourth-order valence-corrected chi connectivity index (χ4v) is 2.60. The van der Waals surface area contributed by atoms with Gasteiger partial charge in [0.15, 0.2) is 0 Å². The zero-order valence-electron chi connectivity index (χ0n) is 11.2. The Morgan fingerprint density at radius 2 is 2.15 bits per heavy atom. The van der Waals surface area contributed by atoms with Crippen molar-refractivity contribution >= 4 is 16.6 Å². The summed E-state index contributed by atoms with van der Waals surface area (Å²) in [5, 5.41) is 19.7. The van der Waals surface area contributed by atoms with E-state index in [0.717, 1.165) is 23.1 Å². The third-order valence-electron chi connectivity index (χ3n) is 3.59. The molecule has 1 fully saturated rings. The Hall–Kier alpha value is -1.69. The van der Waals surface area contributed by atoms with E-state index in [0.29, 0.717) is 18.8 Å². The fraction of sp³-hybridized carbons (Fsp3) is 0.400. The highest BCUT2D eigenvalue weighted by atomic mass is 16.5. The number of hydrogen-bond acceptors (Lipinski definition) is 5. The van der Waals surface area contributed by atoms with Gasteiger partial charge in [0.05, 0.1) is 37.1 Å². The molecule has 1 aliphatic rings. The lowest BCUT2D eigenvalue weighted by atomic mass is 10.1. The van der Waals surface area contributed by atoms with E-state index in [-0.39, 0.29) is 19.3 Å². The van der Waals surface area contributed by atoms with Crippen LogP contribution in [0.4, 0.5) is 5.69 Å². The fourth-order valence-electron chi connectivity index (χ4n) is 2.60. The van der Waals surface area contributed by atoms with Crippen molar-refractivity contribution in [1.82, 2.24) is 4.98 Å². The summed E-state index contributed by atoms with van der Waals surface area (Å²) in [4.78, 5) is 6.62. The van der Waals surface area contributed by atoms with Gasteiger partial charge in [0.1, 0.15) is 0 Å². The molecular weight excluding hydrogens is 256 g/mol. The molecule has 5 heteroatoms. The van der Waals surface area contributed by atoms with Crippen LogP contribution in [0, 0.1) is 0 Å². The van der Waals surface area contributed by atoms with Gasteiger partial charge < -0.3 is 19.8 Å². The Labute approximate surface area is 117 Å². The molecule has 20 heavy (non-hydrogen) atoms. The quantitative estimate of drug-likeness (QED) is 0.871. The van der Waals surface area contributed by atoms with Gasteiger partial charge in [-0.05, 0) is 12.1 Å². The van der Waals surface area contributed by atoms with E-state index in [1.54, 1.807) is 0 Å². The molecule has 2 N–H and O–H groups in total. The van der Waals surface area contributed by atoms with Crippen LogP contribution >= 0.6 is 0 Å². The number of aliphatic hydroxyl groups is 2. The summed E-state index contributed by atoms with van der Waals surface area (Å²) in [5.74, 6) is 0. The topological polar surface area (TPSA) is 65.8 Å². The standard InChI is InChI=1S/C15H18N2O3/c18-9-11-7-15(13-3-1-2-4-14(13)16-11)17-5-6-20-12(8-17)10-19/h1-4,7,12,18-19H,5-6,8-10H2. The first-order valence-electron chi connectivity index (χ1n) is 6.78. The van der Waals surface area contributed by atoms with E-state index in [1.807, 2.05) is 30.3 Å².